The van der Waals surface area contributed by atoms with Crippen molar-refractivity contribution in [2.24, 2.45) is 0 Å². The van der Waals surface area contributed by atoms with Crippen LogP contribution in [0.2, 0.25) is 0 Å². The summed E-state index contributed by atoms with van der Waals surface area (Å²) in [6.07, 6.45) is 1.97. The number of hydrogen-bond donors (Lipinski definition) is 0. The van der Waals surface area contributed by atoms with Crippen molar-refractivity contribution in [2.45, 2.75) is 18.9 Å². The van der Waals surface area contributed by atoms with Crippen molar-refractivity contribution in [2.75, 3.05) is 18.1 Å². The summed E-state index contributed by atoms with van der Waals surface area (Å²) in [4.78, 5) is 20.1. The molecule has 1 atom stereocenters. The molecular weight excluding hydrogens is 488 g/mol. The molecule has 2 heterocycles. The monoisotopic (exact) mass is 508 g/mol. The number of carbonyl (C=O) groups is 1. The van der Waals surface area contributed by atoms with Crippen LogP contribution in [-0.4, -0.2) is 30.1 Å². The number of aromatic nitrogens is 1. The van der Waals surface area contributed by atoms with E-state index in [2.05, 4.69) is 15.9 Å². The molecule has 162 valence electrons. The molecule has 0 bridgehead atoms. The van der Waals surface area contributed by atoms with Crippen LogP contribution in [0.4, 0.5) is 5.13 Å². The fourth-order valence-corrected chi connectivity index (χ4v) is 5.24. The molecule has 5 nitrogen and oxygen atoms in total. The first-order chi connectivity index (χ1) is 15.7. The smallest absolute Gasteiger partial charge is 0.260 e. The summed E-state index contributed by atoms with van der Waals surface area (Å²) in [5.41, 5.74) is 1.43. The average Bonchev–Trinajstić information content (AvgIpc) is 3.47. The lowest BCUT2D eigenvalue weighted by atomic mass is 10.1. The number of halogens is 1. The van der Waals surface area contributed by atoms with Crippen molar-refractivity contribution >= 4 is 48.5 Å². The highest BCUT2D eigenvalue weighted by molar-refractivity contribution is 9.10. The van der Waals surface area contributed by atoms with Gasteiger partial charge in [-0.25, -0.2) is 4.98 Å². The molecule has 0 radical (unpaired) electrons. The zero-order chi connectivity index (χ0) is 21.9. The lowest BCUT2D eigenvalue weighted by Gasteiger charge is -2.23. The molecule has 1 amide bonds. The molecule has 1 aromatic heterocycles. The van der Waals surface area contributed by atoms with Crippen LogP contribution in [0.3, 0.4) is 0 Å². The van der Waals surface area contributed by atoms with Crippen molar-refractivity contribution in [1.82, 2.24) is 4.98 Å². The fourth-order valence-electron chi connectivity index (χ4n) is 3.71. The quantitative estimate of drug-likeness (QED) is 0.291. The standard InChI is InChI=1S/C25H21BrN2O3S/c26-18-11-12-22-23(15-18)32-25(27-22)28(16-21-10-5-13-30-21)24(29)17-6-4-9-20(14-17)31-19-7-2-1-3-8-19/h1-4,6-9,11-12,14-15,21H,5,10,13,16H2. The predicted molar refractivity (Wildman–Crippen MR) is 131 cm³/mol. The summed E-state index contributed by atoms with van der Waals surface area (Å²) in [6.45, 7) is 1.21. The van der Waals surface area contributed by atoms with Crippen LogP contribution >= 0.6 is 27.3 Å². The number of amides is 1. The second kappa shape index (κ2) is 9.40. The van der Waals surface area contributed by atoms with Crippen LogP contribution in [-0.2, 0) is 4.74 Å². The Balaban J connectivity index is 1.46. The number of thiazole rings is 1. The van der Waals surface area contributed by atoms with E-state index in [4.69, 9.17) is 14.5 Å². The minimum Gasteiger partial charge on any atom is -0.457 e. The summed E-state index contributed by atoms with van der Waals surface area (Å²) < 4.78 is 13.8. The van der Waals surface area contributed by atoms with E-state index in [0.29, 0.717) is 23.0 Å². The van der Waals surface area contributed by atoms with E-state index < -0.39 is 0 Å². The molecule has 0 N–H and O–H groups in total. The first-order valence-corrected chi connectivity index (χ1v) is 12.1. The second-order valence-electron chi connectivity index (χ2n) is 7.60. The van der Waals surface area contributed by atoms with Gasteiger partial charge in [-0.15, -0.1) is 0 Å². The molecule has 0 spiro atoms. The largest absolute Gasteiger partial charge is 0.457 e. The highest BCUT2D eigenvalue weighted by atomic mass is 79.9. The van der Waals surface area contributed by atoms with Crippen molar-refractivity contribution in [3.63, 3.8) is 0 Å². The van der Waals surface area contributed by atoms with Crippen molar-refractivity contribution < 1.29 is 14.3 Å². The van der Waals surface area contributed by atoms with Gasteiger partial charge in [0.05, 0.1) is 22.9 Å². The van der Waals surface area contributed by atoms with Gasteiger partial charge in [-0.05, 0) is 61.4 Å². The highest BCUT2D eigenvalue weighted by Crippen LogP contribution is 2.33. The van der Waals surface area contributed by atoms with Crippen LogP contribution in [0, 0.1) is 0 Å². The summed E-state index contributed by atoms with van der Waals surface area (Å²) in [7, 11) is 0. The van der Waals surface area contributed by atoms with Crippen LogP contribution < -0.4 is 9.64 Å². The van der Waals surface area contributed by atoms with Gasteiger partial charge in [-0.1, -0.05) is 51.5 Å². The van der Waals surface area contributed by atoms with Crippen LogP contribution in [0.1, 0.15) is 23.2 Å². The minimum atomic E-state index is -0.114. The number of rotatable bonds is 6. The van der Waals surface area contributed by atoms with E-state index >= 15 is 0 Å². The van der Waals surface area contributed by atoms with Gasteiger partial charge in [0.1, 0.15) is 11.5 Å². The molecule has 1 aliphatic heterocycles. The number of benzene rings is 3. The lowest BCUT2D eigenvalue weighted by molar-refractivity contribution is 0.0917. The number of carbonyl (C=O) groups excluding carboxylic acids is 1. The lowest BCUT2D eigenvalue weighted by Crippen LogP contribution is -2.37. The Hall–Kier alpha value is -2.74. The SMILES string of the molecule is O=C(c1cccc(Oc2ccccc2)c1)N(CC1CCCO1)c1nc2ccc(Br)cc2s1. The Morgan fingerprint density at radius 1 is 1.09 bits per heavy atom. The van der Waals surface area contributed by atoms with Gasteiger partial charge in [0.25, 0.3) is 5.91 Å². The van der Waals surface area contributed by atoms with Gasteiger partial charge in [-0.2, -0.15) is 0 Å². The Labute approximate surface area is 198 Å². The molecule has 32 heavy (non-hydrogen) atoms. The summed E-state index contributed by atoms with van der Waals surface area (Å²) in [6, 6.07) is 22.8. The van der Waals surface area contributed by atoms with Gasteiger partial charge in [0, 0.05) is 16.6 Å². The fraction of sp³-hybridized carbons (Fsp3) is 0.200. The third-order valence-corrected chi connectivity index (χ3v) is 6.82. The molecule has 5 rings (SSSR count). The van der Waals surface area contributed by atoms with Crippen LogP contribution in [0.25, 0.3) is 10.2 Å². The van der Waals surface area contributed by atoms with Crippen LogP contribution in [0.15, 0.2) is 77.3 Å². The molecule has 4 aromatic rings. The summed E-state index contributed by atoms with van der Waals surface area (Å²) in [5.74, 6) is 1.23. The van der Waals surface area contributed by atoms with E-state index in [-0.39, 0.29) is 12.0 Å². The molecule has 0 aliphatic carbocycles. The normalized spacial score (nSPS) is 15.7. The molecule has 1 saturated heterocycles. The molecule has 1 fully saturated rings. The Bertz CT molecular complexity index is 1240. The predicted octanol–water partition coefficient (Wildman–Crippen LogP) is 6.68. The van der Waals surface area contributed by atoms with Gasteiger partial charge < -0.3 is 9.47 Å². The van der Waals surface area contributed by atoms with Crippen molar-refractivity contribution in [1.29, 1.82) is 0 Å². The molecule has 1 unspecified atom stereocenters. The van der Waals surface area contributed by atoms with E-state index in [1.54, 1.807) is 11.0 Å². The molecule has 3 aromatic carbocycles. The van der Waals surface area contributed by atoms with Crippen molar-refractivity contribution in [3.05, 3.63) is 82.8 Å². The molecule has 1 aliphatic rings. The Kier molecular flexibility index (Phi) is 6.21. The zero-order valence-electron chi connectivity index (χ0n) is 17.2. The summed E-state index contributed by atoms with van der Waals surface area (Å²) >= 11 is 5.02. The summed E-state index contributed by atoms with van der Waals surface area (Å²) in [5, 5.41) is 0.674. The number of ether oxygens (including phenoxy) is 2. The van der Waals surface area contributed by atoms with Gasteiger partial charge >= 0.3 is 0 Å². The van der Waals surface area contributed by atoms with Gasteiger partial charge in [0.2, 0.25) is 0 Å². The number of anilines is 1. The number of hydrogen-bond acceptors (Lipinski definition) is 5. The van der Waals surface area contributed by atoms with Gasteiger partial charge in [0.15, 0.2) is 5.13 Å². The second-order valence-corrected chi connectivity index (χ2v) is 9.53. The average molecular weight is 509 g/mol. The zero-order valence-corrected chi connectivity index (χ0v) is 19.6. The first kappa shape index (κ1) is 21.1. The number of nitrogens with zero attached hydrogens (tertiary/aromatic N) is 2. The first-order valence-electron chi connectivity index (χ1n) is 10.5. The third-order valence-electron chi connectivity index (χ3n) is 5.29. The maximum atomic E-state index is 13.7. The number of fused-ring (bicyclic) bond motifs is 1. The topological polar surface area (TPSA) is 51.7 Å². The maximum Gasteiger partial charge on any atom is 0.260 e. The Morgan fingerprint density at radius 2 is 1.94 bits per heavy atom. The molecular formula is C25H21BrN2O3S. The van der Waals surface area contributed by atoms with Gasteiger partial charge in [-0.3, -0.25) is 9.69 Å². The van der Waals surface area contributed by atoms with Crippen LogP contribution in [0.5, 0.6) is 11.5 Å². The molecule has 7 heteroatoms. The molecule has 0 saturated carbocycles. The third kappa shape index (κ3) is 4.70. The van der Waals surface area contributed by atoms with E-state index in [0.717, 1.165) is 39.9 Å². The van der Waals surface area contributed by atoms with E-state index in [9.17, 15) is 4.79 Å². The van der Waals surface area contributed by atoms with E-state index in [1.165, 1.54) is 11.3 Å². The highest BCUT2D eigenvalue weighted by Gasteiger charge is 2.27. The minimum absolute atomic E-state index is 0.0152. The maximum absolute atomic E-state index is 13.7. The van der Waals surface area contributed by atoms with Crippen molar-refractivity contribution in [3.8, 4) is 11.5 Å². The number of para-hydroxylation sites is 1. The Morgan fingerprint density at radius 3 is 2.75 bits per heavy atom. The van der Waals surface area contributed by atoms with E-state index in [1.807, 2.05) is 66.7 Å².